The second-order valence-corrected chi connectivity index (χ2v) is 10.3. The van der Waals surface area contributed by atoms with Crippen LogP contribution in [0.15, 0.2) is 42.6 Å². The molecule has 10 heteroatoms. The summed E-state index contributed by atoms with van der Waals surface area (Å²) in [5, 5.41) is 14.4. The lowest BCUT2D eigenvalue weighted by Gasteiger charge is -2.23. The molecule has 5 rings (SSSR count). The Bertz CT molecular complexity index is 1240. The van der Waals surface area contributed by atoms with E-state index in [1.54, 1.807) is 10.6 Å². The van der Waals surface area contributed by atoms with Crippen LogP contribution in [0.1, 0.15) is 56.6 Å². The van der Waals surface area contributed by atoms with Gasteiger partial charge in [0.2, 0.25) is 17.8 Å². The Morgan fingerprint density at radius 1 is 1.13 bits per heavy atom. The van der Waals surface area contributed by atoms with Crippen LogP contribution in [-0.2, 0) is 16.1 Å². The van der Waals surface area contributed by atoms with E-state index in [4.69, 9.17) is 14.7 Å². The van der Waals surface area contributed by atoms with Crippen LogP contribution in [0.3, 0.4) is 0 Å². The van der Waals surface area contributed by atoms with Gasteiger partial charge >= 0.3 is 0 Å². The molecule has 0 spiro atoms. The largest absolute Gasteiger partial charge is 0.381 e. The average molecular weight is 519 g/mol. The Morgan fingerprint density at radius 3 is 2.63 bits per heavy atom. The highest BCUT2D eigenvalue weighted by Crippen LogP contribution is 2.23. The molecule has 202 valence electrons. The zero-order valence-corrected chi connectivity index (χ0v) is 22.3. The molecule has 0 saturated carbocycles. The molecule has 38 heavy (non-hydrogen) atoms. The van der Waals surface area contributed by atoms with Crippen molar-refractivity contribution in [2.75, 3.05) is 48.8 Å². The Morgan fingerprint density at radius 2 is 1.89 bits per heavy atom. The van der Waals surface area contributed by atoms with E-state index < -0.39 is 0 Å². The Balaban J connectivity index is 1.22. The predicted molar refractivity (Wildman–Crippen MR) is 150 cm³/mol. The highest BCUT2D eigenvalue weighted by Gasteiger charge is 2.19. The van der Waals surface area contributed by atoms with Crippen molar-refractivity contribution < 1.29 is 9.53 Å². The number of anilines is 3. The van der Waals surface area contributed by atoms with Crippen LogP contribution in [0, 0.1) is 0 Å². The van der Waals surface area contributed by atoms with Crippen LogP contribution >= 0.6 is 0 Å². The average Bonchev–Trinajstić information content (AvgIpc) is 3.59. The van der Waals surface area contributed by atoms with Crippen LogP contribution in [-0.4, -0.2) is 69.3 Å². The number of hydrogen-bond acceptors (Lipinski definition) is 8. The summed E-state index contributed by atoms with van der Waals surface area (Å²) < 4.78 is 7.26. The quantitative estimate of drug-likeness (QED) is 0.345. The van der Waals surface area contributed by atoms with Gasteiger partial charge in [0.15, 0.2) is 5.65 Å². The summed E-state index contributed by atoms with van der Waals surface area (Å²) in [5.41, 5.74) is 3.73. The number of rotatable bonds is 10. The maximum atomic E-state index is 12.3. The molecule has 2 aromatic heterocycles. The molecule has 10 nitrogen and oxygen atoms in total. The number of hydrogen-bond donors (Lipinski definition) is 3. The number of benzene rings is 1. The number of likely N-dealkylation sites (tertiary alicyclic amines) is 1. The fraction of sp³-hybridized carbons (Fsp3) is 0.500. The van der Waals surface area contributed by atoms with Gasteiger partial charge in [-0.05, 0) is 62.4 Å². The Labute approximate surface area is 223 Å². The molecular weight excluding hydrogens is 480 g/mol. The van der Waals surface area contributed by atoms with E-state index in [2.05, 4.69) is 39.8 Å². The lowest BCUT2D eigenvalue weighted by atomic mass is 10.1. The summed E-state index contributed by atoms with van der Waals surface area (Å²) in [4.78, 5) is 24.2. The van der Waals surface area contributed by atoms with Crippen LogP contribution in [0.2, 0.25) is 0 Å². The SMILES string of the molecule is CC(C)c1cnn2c(NCc3ccc(NC(=O)/C=C/CN4CCCC4)cc3)nc(NC3CCOCC3)nc12. The molecule has 2 aliphatic heterocycles. The fourth-order valence-electron chi connectivity index (χ4n) is 4.85. The van der Waals surface area contributed by atoms with E-state index in [1.807, 2.05) is 36.5 Å². The number of fused-ring (bicyclic) bond motifs is 1. The summed E-state index contributed by atoms with van der Waals surface area (Å²) in [6.07, 6.45) is 9.80. The number of carbonyl (C=O) groups is 1. The Hall–Kier alpha value is -3.50. The van der Waals surface area contributed by atoms with Gasteiger partial charge < -0.3 is 20.7 Å². The lowest BCUT2D eigenvalue weighted by Crippen LogP contribution is -2.29. The number of nitrogens with zero attached hydrogens (tertiary/aromatic N) is 5. The third kappa shape index (κ3) is 6.68. The molecule has 4 heterocycles. The molecule has 0 atom stereocenters. The van der Waals surface area contributed by atoms with E-state index >= 15 is 0 Å². The minimum Gasteiger partial charge on any atom is -0.381 e. The molecule has 3 N–H and O–H groups in total. The molecule has 1 aromatic carbocycles. The number of amides is 1. The van der Waals surface area contributed by atoms with Crippen molar-refractivity contribution in [1.29, 1.82) is 0 Å². The van der Waals surface area contributed by atoms with Gasteiger partial charge in [-0.2, -0.15) is 19.6 Å². The molecule has 3 aromatic rings. The van der Waals surface area contributed by atoms with Crippen LogP contribution < -0.4 is 16.0 Å². The van der Waals surface area contributed by atoms with Gasteiger partial charge in [-0.25, -0.2) is 0 Å². The van der Waals surface area contributed by atoms with Crippen molar-refractivity contribution in [3.8, 4) is 0 Å². The standard InChI is InChI=1S/C28H38N8O2/c1-20(2)24-19-30-36-26(24)33-27(32-23-11-16-38-17-12-23)34-28(36)29-18-21-7-9-22(10-8-21)31-25(37)6-5-15-35-13-3-4-14-35/h5-10,19-20,23H,3-4,11-18H2,1-2H3,(H,31,37)(H2,29,32,33,34)/b6-5+. The van der Waals surface area contributed by atoms with Crippen molar-refractivity contribution in [2.45, 2.75) is 58.0 Å². The molecule has 0 bridgehead atoms. The predicted octanol–water partition coefficient (Wildman–Crippen LogP) is 4.04. The monoisotopic (exact) mass is 518 g/mol. The number of ether oxygens (including phenoxy) is 1. The van der Waals surface area contributed by atoms with E-state index in [9.17, 15) is 4.79 Å². The third-order valence-corrected chi connectivity index (χ3v) is 7.08. The maximum Gasteiger partial charge on any atom is 0.248 e. The fourth-order valence-corrected chi connectivity index (χ4v) is 4.85. The number of nitrogens with one attached hydrogen (secondary N) is 3. The third-order valence-electron chi connectivity index (χ3n) is 7.08. The first-order valence-corrected chi connectivity index (χ1v) is 13.7. The van der Waals surface area contributed by atoms with Crippen LogP contribution in [0.4, 0.5) is 17.6 Å². The molecule has 0 radical (unpaired) electrons. The molecule has 2 saturated heterocycles. The van der Waals surface area contributed by atoms with E-state index in [-0.39, 0.29) is 5.91 Å². The molecular formula is C28H38N8O2. The highest BCUT2D eigenvalue weighted by atomic mass is 16.5. The van der Waals surface area contributed by atoms with Crippen molar-refractivity contribution in [3.63, 3.8) is 0 Å². The minimum absolute atomic E-state index is 0.109. The summed E-state index contributed by atoms with van der Waals surface area (Å²) in [6.45, 7) is 9.41. The summed E-state index contributed by atoms with van der Waals surface area (Å²) in [6, 6.07) is 8.13. The molecule has 1 amide bonds. The van der Waals surface area contributed by atoms with E-state index in [1.165, 1.54) is 12.8 Å². The normalized spacial score (nSPS) is 17.0. The van der Waals surface area contributed by atoms with Gasteiger partial charge in [0.25, 0.3) is 0 Å². The van der Waals surface area contributed by atoms with Crippen LogP contribution in [0.5, 0.6) is 0 Å². The van der Waals surface area contributed by atoms with Crippen LogP contribution in [0.25, 0.3) is 5.65 Å². The van der Waals surface area contributed by atoms with Gasteiger partial charge in [-0.1, -0.05) is 32.1 Å². The van der Waals surface area contributed by atoms with Gasteiger partial charge in [0, 0.05) is 49.7 Å². The molecule has 0 unspecified atom stereocenters. The first-order chi connectivity index (χ1) is 18.5. The maximum absolute atomic E-state index is 12.3. The van der Waals surface area contributed by atoms with Crippen molar-refractivity contribution in [2.24, 2.45) is 0 Å². The van der Waals surface area contributed by atoms with Gasteiger partial charge in [-0.3, -0.25) is 9.69 Å². The zero-order chi connectivity index (χ0) is 26.3. The number of carbonyl (C=O) groups excluding carboxylic acids is 1. The molecule has 0 aliphatic carbocycles. The highest BCUT2D eigenvalue weighted by molar-refractivity contribution is 5.99. The smallest absolute Gasteiger partial charge is 0.248 e. The summed E-state index contributed by atoms with van der Waals surface area (Å²) in [5.74, 6) is 1.42. The zero-order valence-electron chi connectivity index (χ0n) is 22.3. The first-order valence-electron chi connectivity index (χ1n) is 13.7. The topological polar surface area (TPSA) is 109 Å². The Kier molecular flexibility index (Phi) is 8.50. The van der Waals surface area contributed by atoms with Gasteiger partial charge in [0.1, 0.15) is 0 Å². The van der Waals surface area contributed by atoms with Gasteiger partial charge in [-0.15, -0.1) is 0 Å². The second kappa shape index (κ2) is 12.4. The second-order valence-electron chi connectivity index (χ2n) is 10.3. The number of aromatic nitrogens is 4. The molecule has 2 fully saturated rings. The summed E-state index contributed by atoms with van der Waals surface area (Å²) >= 11 is 0. The van der Waals surface area contributed by atoms with E-state index in [0.29, 0.717) is 30.4 Å². The van der Waals surface area contributed by atoms with Crippen molar-refractivity contribution in [3.05, 3.63) is 53.7 Å². The van der Waals surface area contributed by atoms with Crippen molar-refractivity contribution in [1.82, 2.24) is 24.5 Å². The summed E-state index contributed by atoms with van der Waals surface area (Å²) in [7, 11) is 0. The minimum atomic E-state index is -0.109. The van der Waals surface area contributed by atoms with Gasteiger partial charge in [0.05, 0.1) is 6.20 Å². The first kappa shape index (κ1) is 26.1. The lowest BCUT2D eigenvalue weighted by molar-refractivity contribution is -0.111. The van der Waals surface area contributed by atoms with E-state index in [0.717, 1.165) is 68.2 Å². The van der Waals surface area contributed by atoms with Crippen molar-refractivity contribution >= 4 is 29.1 Å². The molecule has 2 aliphatic rings.